The molecule has 0 unspecified atom stereocenters. The van der Waals surface area contributed by atoms with Crippen LogP contribution in [0.2, 0.25) is 0 Å². The molecule has 0 spiro atoms. The Morgan fingerprint density at radius 3 is 2.26 bits per heavy atom. The molecule has 1 heterocycles. The van der Waals surface area contributed by atoms with Gasteiger partial charge in [0, 0.05) is 24.1 Å². The van der Waals surface area contributed by atoms with Crippen LogP contribution in [-0.4, -0.2) is 39.3 Å². The van der Waals surface area contributed by atoms with Gasteiger partial charge in [0.2, 0.25) is 0 Å². The van der Waals surface area contributed by atoms with E-state index < -0.39 is 41.1 Å². The fraction of sp³-hybridized carbons (Fsp3) is 0.261. The summed E-state index contributed by atoms with van der Waals surface area (Å²) in [5.41, 5.74) is -0.0923. The molecule has 31 heavy (non-hydrogen) atoms. The van der Waals surface area contributed by atoms with Gasteiger partial charge in [-0.25, -0.2) is 8.78 Å². The van der Waals surface area contributed by atoms with E-state index in [1.54, 1.807) is 6.07 Å². The Labute approximate surface area is 177 Å². The Bertz CT molecular complexity index is 1030. The molecular formula is C23H21F2NO5. The van der Waals surface area contributed by atoms with Crippen LogP contribution in [0, 0.1) is 11.6 Å². The number of ketones is 1. The summed E-state index contributed by atoms with van der Waals surface area (Å²) >= 11 is 0. The second kappa shape index (κ2) is 9.51. The van der Waals surface area contributed by atoms with E-state index in [0.717, 1.165) is 12.1 Å². The Kier molecular flexibility index (Phi) is 6.79. The third kappa shape index (κ3) is 4.79. The minimum atomic E-state index is -1.15. The maximum atomic E-state index is 14.6. The molecule has 6 nitrogen and oxygen atoms in total. The number of halogens is 2. The minimum absolute atomic E-state index is 0.0138. The average Bonchev–Trinajstić information content (AvgIpc) is 2.98. The number of aliphatic hydroxyl groups is 1. The number of aliphatic carboxylic acids is 1. The van der Waals surface area contributed by atoms with Crippen LogP contribution in [0.4, 0.5) is 8.78 Å². The summed E-state index contributed by atoms with van der Waals surface area (Å²) in [6.45, 7) is 0.0867. The first-order valence-corrected chi connectivity index (χ1v) is 9.82. The van der Waals surface area contributed by atoms with Gasteiger partial charge in [-0.1, -0.05) is 24.6 Å². The predicted octanol–water partition coefficient (Wildman–Crippen LogP) is 4.03. The summed E-state index contributed by atoms with van der Waals surface area (Å²) in [6.07, 6.45) is 1.29. The van der Waals surface area contributed by atoms with Crippen molar-refractivity contribution >= 4 is 23.4 Å². The van der Waals surface area contributed by atoms with Gasteiger partial charge < -0.3 is 15.1 Å². The lowest BCUT2D eigenvalue weighted by Gasteiger charge is -2.25. The van der Waals surface area contributed by atoms with E-state index in [9.17, 15) is 28.3 Å². The molecule has 0 saturated carbocycles. The highest BCUT2D eigenvalue weighted by Crippen LogP contribution is 2.40. The Morgan fingerprint density at radius 2 is 1.61 bits per heavy atom. The predicted molar refractivity (Wildman–Crippen MR) is 108 cm³/mol. The molecule has 0 aromatic heterocycles. The molecule has 1 amide bonds. The highest BCUT2D eigenvalue weighted by molar-refractivity contribution is 6.46. The molecule has 8 heteroatoms. The lowest BCUT2D eigenvalue weighted by molar-refractivity contribution is -0.140. The maximum Gasteiger partial charge on any atom is 0.303 e. The first-order chi connectivity index (χ1) is 14.8. The van der Waals surface area contributed by atoms with Gasteiger partial charge in [-0.2, -0.15) is 0 Å². The third-order valence-electron chi connectivity index (χ3n) is 5.15. The Morgan fingerprint density at radius 1 is 0.935 bits per heavy atom. The van der Waals surface area contributed by atoms with Crippen LogP contribution in [0.15, 0.2) is 54.1 Å². The van der Waals surface area contributed by atoms with Gasteiger partial charge in [0.1, 0.15) is 17.4 Å². The molecule has 1 fully saturated rings. The number of hydrogen-bond acceptors (Lipinski definition) is 4. The second-order valence-electron chi connectivity index (χ2n) is 7.23. The van der Waals surface area contributed by atoms with Crippen molar-refractivity contribution in [1.29, 1.82) is 0 Å². The molecular weight excluding hydrogens is 408 g/mol. The van der Waals surface area contributed by atoms with E-state index in [0.29, 0.717) is 19.3 Å². The van der Waals surface area contributed by atoms with Crippen molar-refractivity contribution in [1.82, 2.24) is 4.90 Å². The Hall–Kier alpha value is -3.55. The number of unbranched alkanes of at least 4 members (excludes halogenated alkanes) is 2. The fourth-order valence-electron chi connectivity index (χ4n) is 3.63. The van der Waals surface area contributed by atoms with Crippen LogP contribution in [0.3, 0.4) is 0 Å². The van der Waals surface area contributed by atoms with Crippen molar-refractivity contribution in [2.75, 3.05) is 6.54 Å². The number of rotatable bonds is 8. The van der Waals surface area contributed by atoms with Crippen molar-refractivity contribution in [2.24, 2.45) is 0 Å². The molecule has 0 aliphatic carbocycles. The van der Waals surface area contributed by atoms with Crippen LogP contribution >= 0.6 is 0 Å². The van der Waals surface area contributed by atoms with Crippen molar-refractivity contribution in [3.8, 4) is 0 Å². The Balaban J connectivity index is 1.99. The first-order valence-electron chi connectivity index (χ1n) is 9.82. The van der Waals surface area contributed by atoms with E-state index in [-0.39, 0.29) is 29.7 Å². The van der Waals surface area contributed by atoms with Crippen LogP contribution < -0.4 is 0 Å². The summed E-state index contributed by atoms with van der Waals surface area (Å²) in [5, 5.41) is 19.5. The highest BCUT2D eigenvalue weighted by Gasteiger charge is 2.46. The zero-order valence-electron chi connectivity index (χ0n) is 16.6. The van der Waals surface area contributed by atoms with E-state index in [2.05, 4.69) is 0 Å². The van der Waals surface area contributed by atoms with E-state index in [1.807, 2.05) is 0 Å². The molecule has 1 aliphatic rings. The fourth-order valence-corrected chi connectivity index (χ4v) is 3.63. The highest BCUT2D eigenvalue weighted by atomic mass is 19.1. The van der Waals surface area contributed by atoms with Gasteiger partial charge in [0.15, 0.2) is 0 Å². The topological polar surface area (TPSA) is 94.9 Å². The number of carboxylic acids is 1. The summed E-state index contributed by atoms with van der Waals surface area (Å²) in [4.78, 5) is 37.4. The van der Waals surface area contributed by atoms with Crippen LogP contribution in [0.5, 0.6) is 0 Å². The molecule has 0 radical (unpaired) electrons. The number of likely N-dealkylation sites (tertiary alicyclic amines) is 1. The molecule has 0 bridgehead atoms. The summed E-state index contributed by atoms with van der Waals surface area (Å²) in [6, 6.07) is 9.25. The molecule has 162 valence electrons. The molecule has 3 rings (SSSR count). The largest absolute Gasteiger partial charge is 0.507 e. The minimum Gasteiger partial charge on any atom is -0.507 e. The number of carboxylic acid groups (broad SMARTS) is 1. The van der Waals surface area contributed by atoms with Gasteiger partial charge in [-0.3, -0.25) is 14.4 Å². The number of amides is 1. The number of nitrogens with zero attached hydrogens (tertiary/aromatic N) is 1. The van der Waals surface area contributed by atoms with Gasteiger partial charge >= 0.3 is 5.97 Å². The van der Waals surface area contributed by atoms with Gasteiger partial charge in [-0.15, -0.1) is 0 Å². The van der Waals surface area contributed by atoms with Crippen LogP contribution in [-0.2, 0) is 14.4 Å². The quantitative estimate of drug-likeness (QED) is 0.286. The summed E-state index contributed by atoms with van der Waals surface area (Å²) in [5.74, 6) is -4.46. The zero-order chi connectivity index (χ0) is 22.5. The van der Waals surface area contributed by atoms with Gasteiger partial charge in [-0.05, 0) is 43.2 Å². The first kappa shape index (κ1) is 22.1. The van der Waals surface area contributed by atoms with Gasteiger partial charge in [0.25, 0.3) is 11.7 Å². The lowest BCUT2D eigenvalue weighted by atomic mass is 9.95. The number of benzene rings is 2. The molecule has 2 aromatic rings. The number of Topliss-reactive ketones (excluding diaryl/α,β-unsaturated/α-hetero) is 1. The molecule has 1 aliphatic heterocycles. The standard InChI is InChI=1S/C23H21F2NO5/c24-15-11-9-14(10-12-15)21(29)19-20(16-6-3-4-7-17(16)25)26(23(31)22(19)30)13-5-1-2-8-18(27)28/h3-4,6-7,9-12,20,29H,1-2,5,8,13H2,(H,27,28)/t20-/m1/s1. The van der Waals surface area contributed by atoms with Crippen LogP contribution in [0.1, 0.15) is 42.9 Å². The van der Waals surface area contributed by atoms with Crippen LogP contribution in [0.25, 0.3) is 5.76 Å². The molecule has 2 N–H and O–H groups in total. The molecule has 1 atom stereocenters. The monoisotopic (exact) mass is 429 g/mol. The number of carbonyl (C=O) groups is 3. The van der Waals surface area contributed by atoms with E-state index in [4.69, 9.17) is 5.11 Å². The van der Waals surface area contributed by atoms with E-state index >= 15 is 0 Å². The number of carbonyl (C=O) groups excluding carboxylic acids is 2. The second-order valence-corrected chi connectivity index (χ2v) is 7.23. The third-order valence-corrected chi connectivity index (χ3v) is 5.15. The van der Waals surface area contributed by atoms with E-state index in [1.165, 1.54) is 35.2 Å². The van der Waals surface area contributed by atoms with Gasteiger partial charge in [0.05, 0.1) is 11.6 Å². The zero-order valence-corrected chi connectivity index (χ0v) is 16.6. The van der Waals surface area contributed by atoms with Crippen molar-refractivity contribution < 1.29 is 33.4 Å². The average molecular weight is 429 g/mol. The summed E-state index contributed by atoms with van der Waals surface area (Å²) in [7, 11) is 0. The molecule has 2 aromatic carbocycles. The smallest absolute Gasteiger partial charge is 0.303 e. The van der Waals surface area contributed by atoms with Crippen molar-refractivity contribution in [3.63, 3.8) is 0 Å². The van der Waals surface area contributed by atoms with Crippen molar-refractivity contribution in [3.05, 3.63) is 76.9 Å². The normalized spacial score (nSPS) is 17.9. The number of aliphatic hydroxyl groups excluding tert-OH is 1. The number of hydrogen-bond donors (Lipinski definition) is 2. The lowest BCUT2D eigenvalue weighted by Crippen LogP contribution is -2.31. The van der Waals surface area contributed by atoms with Crippen molar-refractivity contribution in [2.45, 2.75) is 31.7 Å². The molecule has 1 saturated heterocycles. The SMILES string of the molecule is O=C(O)CCCCCN1C(=O)C(=O)C(=C(O)c2ccc(F)cc2)[C@H]1c1ccccc1F. The maximum absolute atomic E-state index is 14.6. The summed E-state index contributed by atoms with van der Waals surface area (Å²) < 4.78 is 27.9.